The third-order valence-corrected chi connectivity index (χ3v) is 8.43. The van der Waals surface area contributed by atoms with Crippen LogP contribution in [-0.4, -0.2) is 44.3 Å². The highest BCUT2D eigenvalue weighted by molar-refractivity contribution is 7.92. The van der Waals surface area contributed by atoms with Gasteiger partial charge in [0.2, 0.25) is 11.8 Å². The first-order valence-electron chi connectivity index (χ1n) is 13.1. The van der Waals surface area contributed by atoms with E-state index >= 15 is 0 Å². The number of carbonyl (C=O) groups is 2. The van der Waals surface area contributed by atoms with Crippen molar-refractivity contribution in [2.45, 2.75) is 51.6 Å². The number of nitrogens with zero attached hydrogens (tertiary/aromatic N) is 2. The van der Waals surface area contributed by atoms with Crippen molar-refractivity contribution in [3.05, 3.63) is 94.8 Å². The SMILES string of the molecule is CC[C@@H](C(=O)NCC(C)C)N(Cc1ccc(F)cc1)C(=O)CN(c1ccccc1C)S(=O)(=O)c1ccc(Cl)cc1. The van der Waals surface area contributed by atoms with Gasteiger partial charge in [0, 0.05) is 18.1 Å². The number of nitrogens with one attached hydrogen (secondary N) is 1. The number of sulfonamides is 1. The van der Waals surface area contributed by atoms with Crippen molar-refractivity contribution in [2.24, 2.45) is 5.92 Å². The number of para-hydroxylation sites is 1. The van der Waals surface area contributed by atoms with Crippen LogP contribution >= 0.6 is 11.6 Å². The van der Waals surface area contributed by atoms with Crippen molar-refractivity contribution in [2.75, 3.05) is 17.4 Å². The van der Waals surface area contributed by atoms with E-state index in [0.717, 1.165) is 4.31 Å². The van der Waals surface area contributed by atoms with Gasteiger partial charge >= 0.3 is 0 Å². The van der Waals surface area contributed by atoms with Gasteiger partial charge in [-0.15, -0.1) is 0 Å². The zero-order valence-corrected chi connectivity index (χ0v) is 24.7. The van der Waals surface area contributed by atoms with Crippen molar-refractivity contribution in [1.82, 2.24) is 10.2 Å². The molecule has 0 bridgehead atoms. The van der Waals surface area contributed by atoms with E-state index < -0.39 is 34.3 Å². The molecule has 0 spiro atoms. The van der Waals surface area contributed by atoms with Gasteiger partial charge in [-0.2, -0.15) is 0 Å². The molecular weight excluding hydrogens is 553 g/mol. The summed E-state index contributed by atoms with van der Waals surface area (Å²) in [5, 5.41) is 3.26. The fourth-order valence-electron chi connectivity index (χ4n) is 4.22. The van der Waals surface area contributed by atoms with Crippen LogP contribution in [0.5, 0.6) is 0 Å². The number of rotatable bonds is 12. The van der Waals surface area contributed by atoms with Crippen molar-refractivity contribution in [3.63, 3.8) is 0 Å². The number of amides is 2. The molecule has 2 amide bonds. The van der Waals surface area contributed by atoms with Gasteiger partial charge < -0.3 is 10.2 Å². The van der Waals surface area contributed by atoms with E-state index in [-0.39, 0.29) is 23.3 Å². The zero-order chi connectivity index (χ0) is 29.4. The van der Waals surface area contributed by atoms with Crippen LogP contribution in [0, 0.1) is 18.7 Å². The van der Waals surface area contributed by atoms with Gasteiger partial charge in [-0.3, -0.25) is 13.9 Å². The minimum atomic E-state index is -4.20. The van der Waals surface area contributed by atoms with Gasteiger partial charge in [-0.1, -0.05) is 62.7 Å². The lowest BCUT2D eigenvalue weighted by molar-refractivity contribution is -0.140. The Balaban J connectivity index is 2.05. The molecule has 0 aliphatic carbocycles. The number of anilines is 1. The standard InChI is InChI=1S/C30H35ClFN3O4S/c1-5-27(30(37)33-18-21(2)3)34(19-23-10-14-25(32)15-11-23)29(36)20-35(28-9-7-6-8-22(28)4)40(38,39)26-16-12-24(31)13-17-26/h6-17,21,27H,5,18-20H2,1-4H3,(H,33,37)/t27-/m0/s1. The van der Waals surface area contributed by atoms with Crippen LogP contribution in [0.4, 0.5) is 10.1 Å². The van der Waals surface area contributed by atoms with Gasteiger partial charge in [0.1, 0.15) is 18.4 Å². The van der Waals surface area contributed by atoms with Gasteiger partial charge in [-0.05, 0) is 72.9 Å². The summed E-state index contributed by atoms with van der Waals surface area (Å²) in [7, 11) is -4.20. The number of carbonyl (C=O) groups excluding carboxylic acids is 2. The fourth-order valence-corrected chi connectivity index (χ4v) is 5.82. The Bertz CT molecular complexity index is 1410. The topological polar surface area (TPSA) is 86.8 Å². The summed E-state index contributed by atoms with van der Waals surface area (Å²) in [6.07, 6.45) is 0.297. The summed E-state index contributed by atoms with van der Waals surface area (Å²) in [5.74, 6) is -1.14. The van der Waals surface area contributed by atoms with E-state index in [0.29, 0.717) is 34.8 Å². The molecule has 0 saturated heterocycles. The highest BCUT2D eigenvalue weighted by Gasteiger charge is 2.34. The lowest BCUT2D eigenvalue weighted by Crippen LogP contribution is -2.52. The minimum Gasteiger partial charge on any atom is -0.354 e. The molecule has 0 unspecified atom stereocenters. The molecule has 0 heterocycles. The molecule has 0 radical (unpaired) electrons. The Hall–Kier alpha value is -3.43. The Morgan fingerprint density at radius 3 is 2.17 bits per heavy atom. The molecule has 40 heavy (non-hydrogen) atoms. The van der Waals surface area contributed by atoms with E-state index in [4.69, 9.17) is 11.6 Å². The summed E-state index contributed by atoms with van der Waals surface area (Å²) in [6, 6.07) is 17.4. The third-order valence-electron chi connectivity index (χ3n) is 6.40. The average molecular weight is 588 g/mol. The van der Waals surface area contributed by atoms with Gasteiger partial charge in [-0.25, -0.2) is 12.8 Å². The molecule has 0 aliphatic heterocycles. The second kappa shape index (κ2) is 13.8. The molecule has 214 valence electrons. The smallest absolute Gasteiger partial charge is 0.264 e. The van der Waals surface area contributed by atoms with E-state index in [1.165, 1.54) is 53.4 Å². The van der Waals surface area contributed by atoms with Crippen LogP contribution in [0.15, 0.2) is 77.7 Å². The average Bonchev–Trinajstić information content (AvgIpc) is 2.92. The van der Waals surface area contributed by atoms with Gasteiger partial charge in [0.05, 0.1) is 10.6 Å². The number of aryl methyl sites for hydroxylation is 1. The molecule has 3 aromatic rings. The second-order valence-electron chi connectivity index (χ2n) is 9.96. The maximum absolute atomic E-state index is 14.0. The van der Waals surface area contributed by atoms with E-state index in [1.54, 1.807) is 38.1 Å². The lowest BCUT2D eigenvalue weighted by Gasteiger charge is -2.33. The van der Waals surface area contributed by atoms with Crippen LogP contribution < -0.4 is 9.62 Å². The molecule has 10 heteroatoms. The summed E-state index contributed by atoms with van der Waals surface area (Å²) in [5.41, 5.74) is 1.59. The quantitative estimate of drug-likeness (QED) is 0.300. The number of hydrogen-bond donors (Lipinski definition) is 1. The Morgan fingerprint density at radius 1 is 0.975 bits per heavy atom. The Labute approximate surface area is 241 Å². The molecular formula is C30H35ClFN3O4S. The van der Waals surface area contributed by atoms with Gasteiger partial charge in [0.15, 0.2) is 0 Å². The number of hydrogen-bond acceptors (Lipinski definition) is 4. The fraction of sp³-hybridized carbons (Fsp3) is 0.333. The summed E-state index contributed by atoms with van der Waals surface area (Å²) in [6.45, 7) is 7.34. The second-order valence-corrected chi connectivity index (χ2v) is 12.3. The van der Waals surface area contributed by atoms with Gasteiger partial charge in [0.25, 0.3) is 10.0 Å². The molecule has 0 saturated carbocycles. The molecule has 1 atom stereocenters. The van der Waals surface area contributed by atoms with Crippen molar-refractivity contribution < 1.29 is 22.4 Å². The summed E-state index contributed by atoms with van der Waals surface area (Å²) >= 11 is 5.99. The van der Waals surface area contributed by atoms with Crippen molar-refractivity contribution in [3.8, 4) is 0 Å². The molecule has 3 rings (SSSR count). The molecule has 1 N–H and O–H groups in total. The first kappa shape index (κ1) is 31.1. The molecule has 3 aromatic carbocycles. The van der Waals surface area contributed by atoms with Crippen LogP contribution in [0.25, 0.3) is 0 Å². The monoisotopic (exact) mass is 587 g/mol. The van der Waals surface area contributed by atoms with E-state index in [9.17, 15) is 22.4 Å². The predicted molar refractivity (Wildman–Crippen MR) is 156 cm³/mol. The van der Waals surface area contributed by atoms with Crippen molar-refractivity contribution >= 4 is 39.1 Å². The largest absolute Gasteiger partial charge is 0.354 e. The molecule has 7 nitrogen and oxygen atoms in total. The zero-order valence-electron chi connectivity index (χ0n) is 23.1. The molecule has 0 aromatic heterocycles. The van der Waals surface area contributed by atoms with Crippen LogP contribution in [0.3, 0.4) is 0 Å². The third kappa shape index (κ3) is 7.82. The maximum atomic E-state index is 14.0. The highest BCUT2D eigenvalue weighted by Crippen LogP contribution is 2.28. The summed E-state index contributed by atoms with van der Waals surface area (Å²) < 4.78 is 42.4. The van der Waals surface area contributed by atoms with Crippen molar-refractivity contribution in [1.29, 1.82) is 0 Å². The molecule has 0 aliphatic rings. The van der Waals surface area contributed by atoms with Crippen LogP contribution in [0.1, 0.15) is 38.3 Å². The summed E-state index contributed by atoms with van der Waals surface area (Å²) in [4.78, 5) is 28.6. The number of halogens is 2. The van der Waals surface area contributed by atoms with E-state index in [1.807, 2.05) is 13.8 Å². The number of benzene rings is 3. The Morgan fingerprint density at radius 2 is 1.60 bits per heavy atom. The lowest BCUT2D eigenvalue weighted by atomic mass is 10.1. The first-order chi connectivity index (χ1) is 18.9. The Kier molecular flexibility index (Phi) is 10.7. The molecule has 0 fully saturated rings. The normalized spacial score (nSPS) is 12.2. The van der Waals surface area contributed by atoms with Crippen LogP contribution in [-0.2, 0) is 26.2 Å². The van der Waals surface area contributed by atoms with Crippen LogP contribution in [0.2, 0.25) is 5.02 Å². The van der Waals surface area contributed by atoms with E-state index in [2.05, 4.69) is 5.32 Å². The minimum absolute atomic E-state index is 0.00464. The highest BCUT2D eigenvalue weighted by atomic mass is 35.5. The first-order valence-corrected chi connectivity index (χ1v) is 14.9. The maximum Gasteiger partial charge on any atom is 0.264 e. The predicted octanol–water partition coefficient (Wildman–Crippen LogP) is 5.56.